The molecule has 1 aromatic rings. The molecule has 0 fully saturated rings. The van der Waals surface area contributed by atoms with Gasteiger partial charge in [-0.1, -0.05) is 44.2 Å². The Labute approximate surface area is 153 Å². The van der Waals surface area contributed by atoms with E-state index < -0.39 is 11.0 Å². The highest BCUT2D eigenvalue weighted by Gasteiger charge is 2.24. The Morgan fingerprint density at radius 3 is 2.28 bits per heavy atom. The molecule has 0 aliphatic heterocycles. The van der Waals surface area contributed by atoms with Crippen molar-refractivity contribution in [3.63, 3.8) is 0 Å². The molecular formula is C19H30N4OS. The van der Waals surface area contributed by atoms with Crippen LogP contribution in [0.3, 0.4) is 0 Å². The van der Waals surface area contributed by atoms with Crippen molar-refractivity contribution in [2.24, 2.45) is 17.6 Å². The van der Waals surface area contributed by atoms with Crippen molar-refractivity contribution >= 4 is 22.5 Å². The molecule has 0 spiro atoms. The van der Waals surface area contributed by atoms with E-state index >= 15 is 0 Å². The number of hydrogen-bond donors (Lipinski definition) is 4. The summed E-state index contributed by atoms with van der Waals surface area (Å²) < 4.78 is 14.9. The molecule has 6 heteroatoms. The van der Waals surface area contributed by atoms with Gasteiger partial charge in [0.2, 0.25) is 0 Å². The zero-order valence-electron chi connectivity index (χ0n) is 15.7. The standard InChI is InChI=1S/C19H30N4OS/c1-13(12-23-25(24)19(3,4)5)14(2)16(11-17(20)21)18(22)15-9-7-6-8-10-15/h6-11,13-14,22-23H,12H2,1-5H3,(H3,20,21)/b16-11-,22-18?/t13?,14?,25-/m1/s1. The molecule has 138 valence electrons. The van der Waals surface area contributed by atoms with Crippen LogP contribution >= 0.6 is 0 Å². The van der Waals surface area contributed by atoms with E-state index in [1.165, 1.54) is 0 Å². The monoisotopic (exact) mass is 362 g/mol. The second-order valence-electron chi connectivity index (χ2n) is 7.29. The van der Waals surface area contributed by atoms with Crippen LogP contribution in [0.4, 0.5) is 0 Å². The van der Waals surface area contributed by atoms with Crippen LogP contribution in [0.15, 0.2) is 42.0 Å². The highest BCUT2D eigenvalue weighted by atomic mass is 32.2. The van der Waals surface area contributed by atoms with Gasteiger partial charge < -0.3 is 5.73 Å². The lowest BCUT2D eigenvalue weighted by Gasteiger charge is -2.26. The fourth-order valence-corrected chi connectivity index (χ4v) is 3.12. The molecule has 0 aromatic heterocycles. The number of benzene rings is 1. The Kier molecular flexibility index (Phi) is 7.70. The van der Waals surface area contributed by atoms with E-state index in [0.29, 0.717) is 12.3 Å². The van der Waals surface area contributed by atoms with Crippen molar-refractivity contribution < 1.29 is 4.21 Å². The van der Waals surface area contributed by atoms with Crippen molar-refractivity contribution in [1.82, 2.24) is 4.72 Å². The van der Waals surface area contributed by atoms with Gasteiger partial charge in [-0.3, -0.25) is 10.8 Å². The minimum Gasteiger partial charge on any atom is -0.384 e. The van der Waals surface area contributed by atoms with Crippen LogP contribution in [-0.2, 0) is 11.0 Å². The first-order valence-electron chi connectivity index (χ1n) is 8.39. The van der Waals surface area contributed by atoms with Gasteiger partial charge in [0, 0.05) is 6.54 Å². The predicted octanol–water partition coefficient (Wildman–Crippen LogP) is 3.24. The van der Waals surface area contributed by atoms with Gasteiger partial charge in [-0.2, -0.15) is 0 Å². The summed E-state index contributed by atoms with van der Waals surface area (Å²) in [5.41, 5.74) is 7.45. The normalized spacial score (nSPS) is 16.1. The molecule has 25 heavy (non-hydrogen) atoms. The second kappa shape index (κ2) is 9.06. The Hall–Kier alpha value is -1.79. The molecule has 1 rings (SSSR count). The van der Waals surface area contributed by atoms with Gasteiger partial charge >= 0.3 is 0 Å². The summed E-state index contributed by atoms with van der Waals surface area (Å²) in [6, 6.07) is 9.43. The average Bonchev–Trinajstić information content (AvgIpc) is 2.55. The SMILES string of the molecule is CC(CN[S@](=O)C(C)(C)C)C(C)/C(=C/C(=N)N)C(=N)c1ccccc1. The number of rotatable bonds is 8. The number of nitrogens with two attached hydrogens (primary N) is 1. The van der Waals surface area contributed by atoms with Gasteiger partial charge in [0.05, 0.1) is 21.4 Å². The van der Waals surface area contributed by atoms with E-state index in [1.807, 2.05) is 65.0 Å². The van der Waals surface area contributed by atoms with Crippen LogP contribution in [0, 0.1) is 22.7 Å². The van der Waals surface area contributed by atoms with Gasteiger partial charge in [-0.05, 0) is 49.8 Å². The topological polar surface area (TPSA) is 103 Å². The third-order valence-electron chi connectivity index (χ3n) is 4.10. The maximum absolute atomic E-state index is 12.2. The van der Waals surface area contributed by atoms with E-state index in [0.717, 1.165) is 11.1 Å². The highest BCUT2D eigenvalue weighted by Crippen LogP contribution is 2.24. The van der Waals surface area contributed by atoms with E-state index in [-0.39, 0.29) is 22.4 Å². The summed E-state index contributed by atoms with van der Waals surface area (Å²) >= 11 is 0. The summed E-state index contributed by atoms with van der Waals surface area (Å²) in [4.78, 5) is 0. The summed E-state index contributed by atoms with van der Waals surface area (Å²) in [5.74, 6) is 0.0444. The second-order valence-corrected chi connectivity index (χ2v) is 9.34. The van der Waals surface area contributed by atoms with Crippen molar-refractivity contribution in [3.8, 4) is 0 Å². The average molecular weight is 363 g/mol. The lowest BCUT2D eigenvalue weighted by Crippen LogP contribution is -2.37. The lowest BCUT2D eigenvalue weighted by atomic mass is 9.84. The molecule has 0 bridgehead atoms. The Morgan fingerprint density at radius 1 is 1.24 bits per heavy atom. The minimum absolute atomic E-state index is 0.0129. The van der Waals surface area contributed by atoms with Crippen molar-refractivity contribution in [2.45, 2.75) is 39.4 Å². The number of amidine groups is 1. The van der Waals surface area contributed by atoms with Gasteiger partial charge in [-0.15, -0.1) is 0 Å². The fraction of sp³-hybridized carbons (Fsp3) is 0.474. The molecule has 0 aliphatic rings. The summed E-state index contributed by atoms with van der Waals surface area (Å²) in [7, 11) is -1.14. The van der Waals surface area contributed by atoms with Crippen LogP contribution in [0.5, 0.6) is 0 Å². The van der Waals surface area contributed by atoms with Gasteiger partial charge in [0.25, 0.3) is 0 Å². The number of nitrogens with one attached hydrogen (secondary N) is 3. The summed E-state index contributed by atoms with van der Waals surface area (Å²) in [6.07, 6.45) is 1.55. The van der Waals surface area contributed by atoms with Crippen LogP contribution in [0.1, 0.15) is 40.2 Å². The maximum Gasteiger partial charge on any atom is 0.115 e. The smallest absolute Gasteiger partial charge is 0.115 e. The zero-order chi connectivity index (χ0) is 19.2. The Bertz CT molecular complexity index is 662. The third kappa shape index (κ3) is 6.55. The van der Waals surface area contributed by atoms with E-state index in [4.69, 9.17) is 16.6 Å². The van der Waals surface area contributed by atoms with Gasteiger partial charge in [-0.25, -0.2) is 8.93 Å². The Morgan fingerprint density at radius 2 is 1.80 bits per heavy atom. The molecule has 0 saturated carbocycles. The first-order valence-corrected chi connectivity index (χ1v) is 9.54. The fourth-order valence-electron chi connectivity index (χ4n) is 2.28. The highest BCUT2D eigenvalue weighted by molar-refractivity contribution is 7.84. The Balaban J connectivity index is 2.94. The maximum atomic E-state index is 12.2. The van der Waals surface area contributed by atoms with Crippen molar-refractivity contribution in [3.05, 3.63) is 47.5 Å². The van der Waals surface area contributed by atoms with Crippen molar-refractivity contribution in [2.75, 3.05) is 6.54 Å². The van der Waals surface area contributed by atoms with Crippen LogP contribution in [-0.4, -0.2) is 27.0 Å². The van der Waals surface area contributed by atoms with Crippen LogP contribution < -0.4 is 10.5 Å². The zero-order valence-corrected chi connectivity index (χ0v) is 16.5. The molecule has 5 nitrogen and oxygen atoms in total. The molecule has 0 aliphatic carbocycles. The van der Waals surface area contributed by atoms with Gasteiger partial charge in [0.1, 0.15) is 5.84 Å². The third-order valence-corrected chi connectivity index (χ3v) is 5.64. The minimum atomic E-state index is -1.14. The summed E-state index contributed by atoms with van der Waals surface area (Å²) in [5, 5.41) is 16.1. The first-order chi connectivity index (χ1) is 11.5. The van der Waals surface area contributed by atoms with Gasteiger partial charge in [0.15, 0.2) is 0 Å². The molecule has 0 saturated heterocycles. The largest absolute Gasteiger partial charge is 0.384 e. The molecule has 0 radical (unpaired) electrons. The molecule has 1 aromatic carbocycles. The molecule has 0 heterocycles. The van der Waals surface area contributed by atoms with E-state index in [2.05, 4.69) is 4.72 Å². The molecule has 2 unspecified atom stereocenters. The molecule has 3 atom stereocenters. The molecular weight excluding hydrogens is 332 g/mol. The molecule has 5 N–H and O–H groups in total. The van der Waals surface area contributed by atoms with E-state index in [1.54, 1.807) is 6.08 Å². The van der Waals surface area contributed by atoms with Crippen LogP contribution in [0.2, 0.25) is 0 Å². The van der Waals surface area contributed by atoms with Crippen LogP contribution in [0.25, 0.3) is 0 Å². The van der Waals surface area contributed by atoms with Crippen molar-refractivity contribution in [1.29, 1.82) is 10.8 Å². The number of hydrogen-bond acceptors (Lipinski definition) is 3. The molecule has 0 amide bonds. The lowest BCUT2D eigenvalue weighted by molar-refractivity contribution is 0.446. The summed E-state index contributed by atoms with van der Waals surface area (Å²) in [6.45, 7) is 10.4. The number of allylic oxidation sites excluding steroid dienone is 1. The predicted molar refractivity (Wildman–Crippen MR) is 107 cm³/mol. The quantitative estimate of drug-likeness (QED) is 0.421. The van der Waals surface area contributed by atoms with E-state index in [9.17, 15) is 4.21 Å². The first kappa shape index (κ1) is 21.3.